The number of nitrogen functional groups attached to an aromatic ring is 1. The van der Waals surface area contributed by atoms with E-state index >= 15 is 0 Å². The lowest BCUT2D eigenvalue weighted by Crippen LogP contribution is -2.35. The molecule has 0 atom stereocenters. The van der Waals surface area contributed by atoms with Gasteiger partial charge in [-0.05, 0) is 28.8 Å². The Morgan fingerprint density at radius 1 is 1.47 bits per heavy atom. The third kappa shape index (κ3) is 3.79. The molecule has 0 saturated heterocycles. The van der Waals surface area contributed by atoms with Crippen molar-refractivity contribution >= 4 is 27.7 Å². The first kappa shape index (κ1) is 14.1. The van der Waals surface area contributed by atoms with Crippen LogP contribution in [-0.4, -0.2) is 27.2 Å². The van der Waals surface area contributed by atoms with Crippen LogP contribution in [0, 0.1) is 0 Å². The van der Waals surface area contributed by atoms with Crippen molar-refractivity contribution in [3.05, 3.63) is 10.7 Å². The van der Waals surface area contributed by atoms with Crippen molar-refractivity contribution in [3.8, 4) is 0 Å². The van der Waals surface area contributed by atoms with Crippen LogP contribution < -0.4 is 16.6 Å². The third-order valence-electron chi connectivity index (χ3n) is 2.77. The molecule has 0 aliphatic rings. The molecule has 0 amide bonds. The highest BCUT2D eigenvalue weighted by Crippen LogP contribution is 2.22. The molecule has 0 radical (unpaired) electrons. The molecule has 7 heteroatoms. The Bertz CT molecular complexity index is 370. The summed E-state index contributed by atoms with van der Waals surface area (Å²) in [6.07, 6.45) is 2.96. The Labute approximate surface area is 109 Å². The molecule has 0 bridgehead atoms. The standard InChI is InChI=1S/C10H18BrN5O/c1-3-10(17,4-2)6-14-8-7(11)5-13-9(15-8)16-12/h5,17H,3-4,6,12H2,1-2H3,(H2,13,14,15,16). The SMILES string of the molecule is CCC(O)(CC)CNc1nc(NN)ncc1Br. The second-order valence-electron chi connectivity index (χ2n) is 3.82. The van der Waals surface area contributed by atoms with Gasteiger partial charge in [0.2, 0.25) is 5.95 Å². The number of anilines is 2. The Kier molecular flexibility index (Phi) is 5.10. The number of halogens is 1. The maximum atomic E-state index is 10.1. The molecular formula is C10H18BrN5O. The number of nitrogens with two attached hydrogens (primary N) is 1. The van der Waals surface area contributed by atoms with E-state index in [9.17, 15) is 5.11 Å². The van der Waals surface area contributed by atoms with Crippen molar-refractivity contribution in [2.45, 2.75) is 32.3 Å². The molecule has 0 fully saturated rings. The van der Waals surface area contributed by atoms with Gasteiger partial charge in [0.1, 0.15) is 5.82 Å². The summed E-state index contributed by atoms with van der Waals surface area (Å²) in [4.78, 5) is 8.09. The number of aliphatic hydroxyl groups is 1. The Hall–Kier alpha value is -0.920. The van der Waals surface area contributed by atoms with Crippen LogP contribution in [0.2, 0.25) is 0 Å². The minimum atomic E-state index is -0.722. The first-order chi connectivity index (χ1) is 8.04. The largest absolute Gasteiger partial charge is 0.388 e. The molecule has 0 saturated carbocycles. The number of rotatable bonds is 6. The summed E-state index contributed by atoms with van der Waals surface area (Å²) in [6, 6.07) is 0. The minimum absolute atomic E-state index is 0.326. The highest BCUT2D eigenvalue weighted by molar-refractivity contribution is 9.10. The van der Waals surface area contributed by atoms with E-state index in [1.807, 2.05) is 13.8 Å². The fourth-order valence-electron chi connectivity index (χ4n) is 1.31. The molecule has 0 unspecified atom stereocenters. The van der Waals surface area contributed by atoms with Gasteiger partial charge in [0.15, 0.2) is 0 Å². The summed E-state index contributed by atoms with van der Waals surface area (Å²) in [7, 11) is 0. The van der Waals surface area contributed by atoms with Crippen LogP contribution in [0.1, 0.15) is 26.7 Å². The van der Waals surface area contributed by atoms with Gasteiger partial charge >= 0.3 is 0 Å². The van der Waals surface area contributed by atoms with Crippen LogP contribution in [0.15, 0.2) is 10.7 Å². The summed E-state index contributed by atoms with van der Waals surface area (Å²) >= 11 is 3.33. The van der Waals surface area contributed by atoms with Crippen molar-refractivity contribution in [1.82, 2.24) is 9.97 Å². The van der Waals surface area contributed by atoms with Crippen LogP contribution in [0.5, 0.6) is 0 Å². The molecule has 1 heterocycles. The van der Waals surface area contributed by atoms with Gasteiger partial charge in [0, 0.05) is 12.7 Å². The molecule has 0 aliphatic carbocycles. The second kappa shape index (κ2) is 6.13. The average Bonchev–Trinajstić information content (AvgIpc) is 2.37. The molecule has 6 nitrogen and oxygen atoms in total. The fraction of sp³-hybridized carbons (Fsp3) is 0.600. The van der Waals surface area contributed by atoms with Crippen LogP contribution in [0.4, 0.5) is 11.8 Å². The zero-order valence-corrected chi connectivity index (χ0v) is 11.6. The van der Waals surface area contributed by atoms with Gasteiger partial charge in [0.25, 0.3) is 0 Å². The molecule has 17 heavy (non-hydrogen) atoms. The van der Waals surface area contributed by atoms with Crippen molar-refractivity contribution in [2.24, 2.45) is 5.84 Å². The topological polar surface area (TPSA) is 96.1 Å². The Balaban J connectivity index is 2.74. The van der Waals surface area contributed by atoms with E-state index < -0.39 is 5.60 Å². The van der Waals surface area contributed by atoms with Gasteiger partial charge in [-0.15, -0.1) is 0 Å². The number of nitrogens with zero attached hydrogens (tertiary/aromatic N) is 2. The number of nitrogens with one attached hydrogen (secondary N) is 2. The number of hydrazine groups is 1. The van der Waals surface area contributed by atoms with Crippen LogP contribution in [0.25, 0.3) is 0 Å². The van der Waals surface area contributed by atoms with E-state index in [0.29, 0.717) is 31.2 Å². The predicted molar refractivity (Wildman–Crippen MR) is 71.6 cm³/mol. The van der Waals surface area contributed by atoms with Crippen molar-refractivity contribution < 1.29 is 5.11 Å². The molecule has 0 aromatic carbocycles. The second-order valence-corrected chi connectivity index (χ2v) is 4.67. The maximum Gasteiger partial charge on any atom is 0.239 e. The summed E-state index contributed by atoms with van der Waals surface area (Å²) < 4.78 is 0.728. The number of hydrogen-bond donors (Lipinski definition) is 4. The zero-order valence-electron chi connectivity index (χ0n) is 10.00. The quantitative estimate of drug-likeness (QED) is 0.470. The fourth-order valence-corrected chi connectivity index (χ4v) is 1.64. The van der Waals surface area contributed by atoms with Gasteiger partial charge < -0.3 is 10.4 Å². The van der Waals surface area contributed by atoms with Crippen LogP contribution in [0.3, 0.4) is 0 Å². The maximum absolute atomic E-state index is 10.1. The molecule has 0 spiro atoms. The van der Waals surface area contributed by atoms with Gasteiger partial charge in [-0.2, -0.15) is 4.98 Å². The third-order valence-corrected chi connectivity index (χ3v) is 3.35. The lowest BCUT2D eigenvalue weighted by molar-refractivity contribution is 0.0456. The molecule has 1 aromatic heterocycles. The Morgan fingerprint density at radius 3 is 2.65 bits per heavy atom. The van der Waals surface area contributed by atoms with E-state index in [4.69, 9.17) is 5.84 Å². The lowest BCUT2D eigenvalue weighted by atomic mass is 9.98. The van der Waals surface area contributed by atoms with E-state index in [1.54, 1.807) is 6.20 Å². The molecule has 5 N–H and O–H groups in total. The highest BCUT2D eigenvalue weighted by atomic mass is 79.9. The van der Waals surface area contributed by atoms with Crippen molar-refractivity contribution in [1.29, 1.82) is 0 Å². The molecule has 0 aliphatic heterocycles. The van der Waals surface area contributed by atoms with E-state index in [-0.39, 0.29) is 0 Å². The minimum Gasteiger partial charge on any atom is -0.388 e. The van der Waals surface area contributed by atoms with Crippen LogP contribution in [-0.2, 0) is 0 Å². The number of aromatic nitrogens is 2. The normalized spacial score (nSPS) is 11.4. The van der Waals surface area contributed by atoms with Gasteiger partial charge in [-0.3, -0.25) is 5.43 Å². The first-order valence-corrected chi connectivity index (χ1v) is 6.29. The van der Waals surface area contributed by atoms with Crippen LogP contribution >= 0.6 is 15.9 Å². The molecule has 1 rings (SSSR count). The summed E-state index contributed by atoms with van der Waals surface area (Å²) in [5, 5.41) is 13.2. The molecule has 96 valence electrons. The predicted octanol–water partition coefficient (Wildman–Crippen LogP) is 1.49. The summed E-state index contributed by atoms with van der Waals surface area (Å²) in [5.74, 6) is 6.17. The lowest BCUT2D eigenvalue weighted by Gasteiger charge is -2.25. The summed E-state index contributed by atoms with van der Waals surface area (Å²) in [6.45, 7) is 4.33. The van der Waals surface area contributed by atoms with Crippen molar-refractivity contribution in [2.75, 3.05) is 17.3 Å². The van der Waals surface area contributed by atoms with Crippen molar-refractivity contribution in [3.63, 3.8) is 0 Å². The van der Waals surface area contributed by atoms with Gasteiger partial charge in [-0.1, -0.05) is 13.8 Å². The van der Waals surface area contributed by atoms with E-state index in [1.165, 1.54) is 0 Å². The monoisotopic (exact) mass is 303 g/mol. The van der Waals surface area contributed by atoms with E-state index in [2.05, 4.69) is 36.6 Å². The van der Waals surface area contributed by atoms with Gasteiger partial charge in [-0.25, -0.2) is 10.8 Å². The Morgan fingerprint density at radius 2 is 2.12 bits per heavy atom. The van der Waals surface area contributed by atoms with Gasteiger partial charge in [0.05, 0.1) is 10.1 Å². The molecule has 1 aromatic rings. The smallest absolute Gasteiger partial charge is 0.239 e. The average molecular weight is 304 g/mol. The first-order valence-electron chi connectivity index (χ1n) is 5.50. The summed E-state index contributed by atoms with van der Waals surface area (Å²) in [5.41, 5.74) is 1.65. The number of hydrogen-bond acceptors (Lipinski definition) is 6. The van der Waals surface area contributed by atoms with E-state index in [0.717, 1.165) is 4.47 Å². The molecular weight excluding hydrogens is 286 g/mol. The highest BCUT2D eigenvalue weighted by Gasteiger charge is 2.22. The zero-order chi connectivity index (χ0) is 12.9.